The number of para-hydroxylation sites is 2. The van der Waals surface area contributed by atoms with Gasteiger partial charge >= 0.3 is 0 Å². The summed E-state index contributed by atoms with van der Waals surface area (Å²) in [5.41, 5.74) is 1.96. The van der Waals surface area contributed by atoms with E-state index in [1.54, 1.807) is 0 Å². The first-order valence-corrected chi connectivity index (χ1v) is 7.53. The Morgan fingerprint density at radius 1 is 1.32 bits per heavy atom. The summed E-state index contributed by atoms with van der Waals surface area (Å²) in [6.45, 7) is 1.91. The second kappa shape index (κ2) is 6.60. The molecule has 3 aromatic rings. The van der Waals surface area contributed by atoms with E-state index in [-0.39, 0.29) is 23.9 Å². The maximum absolute atomic E-state index is 12.4. The number of hydrogen-bond donors (Lipinski definition) is 1. The molecule has 128 valence electrons. The fraction of sp³-hybridized carbons (Fsp3) is 0.176. The molecule has 0 fully saturated rings. The van der Waals surface area contributed by atoms with Crippen LogP contribution in [-0.2, 0) is 11.3 Å². The van der Waals surface area contributed by atoms with Crippen molar-refractivity contribution in [2.45, 2.75) is 13.5 Å². The molecule has 0 aliphatic rings. The van der Waals surface area contributed by atoms with Gasteiger partial charge in [-0.3, -0.25) is 14.9 Å². The largest absolute Gasteiger partial charge is 0.494 e. The first-order chi connectivity index (χ1) is 12.0. The van der Waals surface area contributed by atoms with Crippen molar-refractivity contribution in [3.05, 3.63) is 58.4 Å². The van der Waals surface area contributed by atoms with Gasteiger partial charge in [-0.1, -0.05) is 12.1 Å². The molecule has 0 radical (unpaired) electrons. The number of nitro benzene ring substituents is 1. The zero-order valence-electron chi connectivity index (χ0n) is 13.7. The number of carbonyl (C=O) groups is 1. The molecule has 1 N–H and O–H groups in total. The van der Waals surface area contributed by atoms with Crippen LogP contribution >= 0.6 is 0 Å². The molecule has 0 aliphatic carbocycles. The number of amides is 1. The number of aromatic nitrogens is 2. The Balaban J connectivity index is 1.83. The molecule has 0 spiro atoms. The number of ether oxygens (including phenoxy) is 1. The number of nitrogens with zero attached hydrogens (tertiary/aromatic N) is 3. The molecule has 8 heteroatoms. The highest BCUT2D eigenvalue weighted by Crippen LogP contribution is 2.29. The third-order valence-electron chi connectivity index (χ3n) is 3.82. The van der Waals surface area contributed by atoms with E-state index in [1.165, 1.54) is 25.3 Å². The van der Waals surface area contributed by atoms with Crippen LogP contribution in [0.15, 0.2) is 42.5 Å². The first-order valence-electron chi connectivity index (χ1n) is 7.53. The van der Waals surface area contributed by atoms with Gasteiger partial charge in [0.05, 0.1) is 34.8 Å². The Kier molecular flexibility index (Phi) is 4.34. The Morgan fingerprint density at radius 3 is 2.80 bits per heavy atom. The van der Waals surface area contributed by atoms with Crippen LogP contribution in [0.2, 0.25) is 0 Å². The van der Waals surface area contributed by atoms with E-state index in [2.05, 4.69) is 10.3 Å². The average Bonchev–Trinajstić information content (AvgIpc) is 2.90. The summed E-state index contributed by atoms with van der Waals surface area (Å²) in [6, 6.07) is 11.6. The van der Waals surface area contributed by atoms with Crippen LogP contribution in [0.4, 0.5) is 11.4 Å². The molecule has 25 heavy (non-hydrogen) atoms. The minimum Gasteiger partial charge on any atom is -0.494 e. The zero-order valence-corrected chi connectivity index (χ0v) is 13.7. The van der Waals surface area contributed by atoms with Crippen molar-refractivity contribution in [1.29, 1.82) is 0 Å². The third-order valence-corrected chi connectivity index (χ3v) is 3.82. The van der Waals surface area contributed by atoms with E-state index in [0.29, 0.717) is 5.69 Å². The number of nitro groups is 1. The minimum absolute atomic E-state index is 0.0759. The molecular formula is C17H16N4O4. The topological polar surface area (TPSA) is 99.3 Å². The van der Waals surface area contributed by atoms with Gasteiger partial charge in [-0.15, -0.1) is 0 Å². The highest BCUT2D eigenvalue weighted by Gasteiger charge is 2.15. The number of methoxy groups -OCH3 is 1. The number of imidazole rings is 1. The van der Waals surface area contributed by atoms with Crippen molar-refractivity contribution in [3.8, 4) is 5.75 Å². The SMILES string of the molecule is COc1cc([N+](=O)[O-])ccc1NC(=O)Cn1c(C)nc2ccccc21. The molecule has 1 aromatic heterocycles. The van der Waals surface area contributed by atoms with Crippen LogP contribution in [0.1, 0.15) is 5.82 Å². The molecule has 2 aromatic carbocycles. The molecule has 0 saturated carbocycles. The van der Waals surface area contributed by atoms with E-state index in [1.807, 2.05) is 35.8 Å². The van der Waals surface area contributed by atoms with Crippen LogP contribution in [0.5, 0.6) is 5.75 Å². The lowest BCUT2D eigenvalue weighted by molar-refractivity contribution is -0.384. The number of hydrogen-bond acceptors (Lipinski definition) is 5. The van der Waals surface area contributed by atoms with Gasteiger partial charge in [-0.25, -0.2) is 4.98 Å². The number of carbonyl (C=O) groups excluding carboxylic acids is 1. The molecule has 1 heterocycles. The molecule has 0 saturated heterocycles. The van der Waals surface area contributed by atoms with Crippen molar-refractivity contribution < 1.29 is 14.5 Å². The van der Waals surface area contributed by atoms with Gasteiger partial charge in [-0.2, -0.15) is 0 Å². The number of nitrogens with one attached hydrogen (secondary N) is 1. The second-order valence-electron chi connectivity index (χ2n) is 5.42. The highest BCUT2D eigenvalue weighted by atomic mass is 16.6. The number of aryl methyl sites for hydroxylation is 1. The van der Waals surface area contributed by atoms with E-state index in [0.717, 1.165) is 16.9 Å². The van der Waals surface area contributed by atoms with Crippen LogP contribution in [0, 0.1) is 17.0 Å². The molecular weight excluding hydrogens is 324 g/mol. The summed E-state index contributed by atoms with van der Waals surface area (Å²) < 4.78 is 6.94. The van der Waals surface area contributed by atoms with Gasteiger partial charge in [0.15, 0.2) is 0 Å². The lowest BCUT2D eigenvalue weighted by Crippen LogP contribution is -2.19. The van der Waals surface area contributed by atoms with Crippen molar-refractivity contribution in [1.82, 2.24) is 9.55 Å². The Bertz CT molecular complexity index is 964. The Labute approximate surface area is 143 Å². The van der Waals surface area contributed by atoms with Crippen LogP contribution < -0.4 is 10.1 Å². The molecule has 0 atom stereocenters. The molecule has 8 nitrogen and oxygen atoms in total. The van der Waals surface area contributed by atoms with Gasteiger partial charge in [0, 0.05) is 6.07 Å². The van der Waals surface area contributed by atoms with E-state index >= 15 is 0 Å². The summed E-state index contributed by atoms with van der Waals surface area (Å²) in [5.74, 6) is 0.681. The summed E-state index contributed by atoms with van der Waals surface area (Å²) in [6.07, 6.45) is 0. The predicted molar refractivity (Wildman–Crippen MR) is 92.7 cm³/mol. The lowest BCUT2D eigenvalue weighted by atomic mass is 10.2. The number of anilines is 1. The normalized spacial score (nSPS) is 10.6. The minimum atomic E-state index is -0.519. The van der Waals surface area contributed by atoms with Crippen LogP contribution in [0.3, 0.4) is 0 Å². The smallest absolute Gasteiger partial charge is 0.273 e. The zero-order chi connectivity index (χ0) is 18.0. The number of rotatable bonds is 5. The molecule has 3 rings (SSSR count). The summed E-state index contributed by atoms with van der Waals surface area (Å²) >= 11 is 0. The quantitative estimate of drug-likeness (QED) is 0.569. The molecule has 1 amide bonds. The summed E-state index contributed by atoms with van der Waals surface area (Å²) in [4.78, 5) is 27.1. The van der Waals surface area contributed by atoms with E-state index in [9.17, 15) is 14.9 Å². The third kappa shape index (κ3) is 3.27. The fourth-order valence-corrected chi connectivity index (χ4v) is 2.63. The van der Waals surface area contributed by atoms with Crippen LogP contribution in [-0.4, -0.2) is 27.5 Å². The lowest BCUT2D eigenvalue weighted by Gasteiger charge is -2.11. The van der Waals surface area contributed by atoms with Crippen LogP contribution in [0.25, 0.3) is 11.0 Å². The maximum atomic E-state index is 12.4. The fourth-order valence-electron chi connectivity index (χ4n) is 2.63. The van der Waals surface area contributed by atoms with E-state index in [4.69, 9.17) is 4.74 Å². The van der Waals surface area contributed by atoms with Gasteiger partial charge < -0.3 is 14.6 Å². The summed E-state index contributed by atoms with van der Waals surface area (Å²) in [7, 11) is 1.39. The van der Waals surface area contributed by atoms with Crippen molar-refractivity contribution >= 4 is 28.3 Å². The Hall–Kier alpha value is -3.42. The second-order valence-corrected chi connectivity index (χ2v) is 5.42. The number of fused-ring (bicyclic) bond motifs is 1. The standard InChI is InChI=1S/C17H16N4O4/c1-11-18-13-5-3-4-6-15(13)20(11)10-17(22)19-14-8-7-12(21(23)24)9-16(14)25-2/h3-9H,10H2,1-2H3,(H,19,22). The monoisotopic (exact) mass is 340 g/mol. The van der Waals surface area contributed by atoms with Crippen molar-refractivity contribution in [3.63, 3.8) is 0 Å². The molecule has 0 unspecified atom stereocenters. The number of non-ortho nitro benzene ring substituents is 1. The highest BCUT2D eigenvalue weighted by molar-refractivity contribution is 5.93. The maximum Gasteiger partial charge on any atom is 0.273 e. The van der Waals surface area contributed by atoms with Crippen molar-refractivity contribution in [2.24, 2.45) is 0 Å². The van der Waals surface area contributed by atoms with Gasteiger partial charge in [0.1, 0.15) is 18.1 Å². The number of benzene rings is 2. The molecule has 0 bridgehead atoms. The van der Waals surface area contributed by atoms with E-state index < -0.39 is 4.92 Å². The molecule has 0 aliphatic heterocycles. The summed E-state index contributed by atoms with van der Waals surface area (Å²) in [5, 5.41) is 13.6. The Morgan fingerprint density at radius 2 is 2.08 bits per heavy atom. The van der Waals surface area contributed by atoms with Gasteiger partial charge in [-0.05, 0) is 25.1 Å². The van der Waals surface area contributed by atoms with Crippen molar-refractivity contribution in [2.75, 3.05) is 12.4 Å². The average molecular weight is 340 g/mol. The first kappa shape index (κ1) is 16.4. The van der Waals surface area contributed by atoms with Gasteiger partial charge in [0.25, 0.3) is 5.69 Å². The van der Waals surface area contributed by atoms with Gasteiger partial charge in [0.2, 0.25) is 5.91 Å². The predicted octanol–water partition coefficient (Wildman–Crippen LogP) is 2.90.